The van der Waals surface area contributed by atoms with Gasteiger partial charge in [0.15, 0.2) is 4.77 Å². The second kappa shape index (κ2) is 4.79. The number of halogens is 1. The number of nitrogens with one attached hydrogen (secondary N) is 1. The van der Waals surface area contributed by atoms with Crippen LogP contribution in [0, 0.1) is 10.6 Å². The van der Waals surface area contributed by atoms with Crippen LogP contribution in [0.5, 0.6) is 0 Å². The van der Waals surface area contributed by atoms with E-state index in [2.05, 4.69) is 4.98 Å². The average Bonchev–Trinajstić information content (AvgIpc) is 2.67. The summed E-state index contributed by atoms with van der Waals surface area (Å²) in [6.07, 6.45) is -0.0345. The smallest absolute Gasteiger partial charge is 0.178 e. The van der Waals surface area contributed by atoms with Crippen molar-refractivity contribution < 1.29 is 13.9 Å². The molecule has 18 heavy (non-hydrogen) atoms. The van der Waals surface area contributed by atoms with Gasteiger partial charge in [-0.25, -0.2) is 4.39 Å². The van der Waals surface area contributed by atoms with Gasteiger partial charge >= 0.3 is 0 Å². The first kappa shape index (κ1) is 11.8. The minimum atomic E-state index is -0.272. The molecule has 1 saturated heterocycles. The highest BCUT2D eigenvalue weighted by atomic mass is 32.1. The Morgan fingerprint density at radius 3 is 3.11 bits per heavy atom. The van der Waals surface area contributed by atoms with E-state index in [0.29, 0.717) is 31.1 Å². The van der Waals surface area contributed by atoms with Gasteiger partial charge in [-0.15, -0.1) is 0 Å². The van der Waals surface area contributed by atoms with Crippen LogP contribution in [0.3, 0.4) is 0 Å². The van der Waals surface area contributed by atoms with E-state index in [1.54, 1.807) is 6.07 Å². The molecular weight excluding hydrogens is 255 g/mol. The molecular formula is C12H13FN2O2S. The Morgan fingerprint density at radius 1 is 1.44 bits per heavy atom. The predicted octanol–water partition coefficient (Wildman–Crippen LogP) is 2.25. The van der Waals surface area contributed by atoms with Crippen LogP contribution in [0.1, 0.15) is 0 Å². The standard InChI is InChI=1S/C12H13FN2O2S/c13-8-1-2-10-11(5-8)15(12(18)14-10)6-9-7-16-3-4-17-9/h1-2,5,9H,3-4,6-7H2,(H,14,18). The van der Waals surface area contributed by atoms with Crippen LogP contribution in [-0.4, -0.2) is 35.5 Å². The molecule has 2 heterocycles. The molecule has 1 fully saturated rings. The second-order valence-corrected chi connectivity index (χ2v) is 4.66. The molecule has 1 aromatic heterocycles. The SMILES string of the molecule is Fc1ccc2[nH]c(=S)n(CC3COCCO3)c2c1. The van der Waals surface area contributed by atoms with Crippen molar-refractivity contribution in [2.24, 2.45) is 0 Å². The Labute approximate surface area is 108 Å². The van der Waals surface area contributed by atoms with Crippen molar-refractivity contribution >= 4 is 23.3 Å². The van der Waals surface area contributed by atoms with Gasteiger partial charge in [-0.3, -0.25) is 0 Å². The van der Waals surface area contributed by atoms with Gasteiger partial charge in [0, 0.05) is 0 Å². The fourth-order valence-electron chi connectivity index (χ4n) is 2.15. The van der Waals surface area contributed by atoms with Crippen molar-refractivity contribution in [3.63, 3.8) is 0 Å². The summed E-state index contributed by atoms with van der Waals surface area (Å²) in [7, 11) is 0. The van der Waals surface area contributed by atoms with Gasteiger partial charge in [-0.1, -0.05) is 0 Å². The second-order valence-electron chi connectivity index (χ2n) is 4.27. The van der Waals surface area contributed by atoms with E-state index in [9.17, 15) is 4.39 Å². The van der Waals surface area contributed by atoms with Crippen molar-refractivity contribution in [2.45, 2.75) is 12.6 Å². The lowest BCUT2D eigenvalue weighted by atomic mass is 10.3. The minimum absolute atomic E-state index is 0.0345. The molecule has 0 radical (unpaired) electrons. The van der Waals surface area contributed by atoms with Gasteiger partial charge in [-0.2, -0.15) is 0 Å². The lowest BCUT2D eigenvalue weighted by Gasteiger charge is -2.23. The summed E-state index contributed by atoms with van der Waals surface area (Å²) in [5, 5.41) is 0. The Hall–Kier alpha value is -1.24. The van der Waals surface area contributed by atoms with E-state index in [1.165, 1.54) is 12.1 Å². The lowest BCUT2D eigenvalue weighted by molar-refractivity contribution is -0.0933. The van der Waals surface area contributed by atoms with Crippen molar-refractivity contribution in [3.8, 4) is 0 Å². The zero-order chi connectivity index (χ0) is 12.5. The highest BCUT2D eigenvalue weighted by Crippen LogP contribution is 2.17. The third-order valence-corrected chi connectivity index (χ3v) is 3.33. The lowest BCUT2D eigenvalue weighted by Crippen LogP contribution is -2.32. The molecule has 0 aliphatic carbocycles. The van der Waals surface area contributed by atoms with Crippen molar-refractivity contribution in [2.75, 3.05) is 19.8 Å². The van der Waals surface area contributed by atoms with Gasteiger partial charge < -0.3 is 19.0 Å². The van der Waals surface area contributed by atoms with Gasteiger partial charge in [-0.05, 0) is 30.4 Å². The molecule has 2 aromatic rings. The number of ether oxygens (including phenoxy) is 2. The zero-order valence-corrected chi connectivity index (χ0v) is 10.5. The van der Waals surface area contributed by atoms with E-state index >= 15 is 0 Å². The zero-order valence-electron chi connectivity index (χ0n) is 9.69. The van der Waals surface area contributed by atoms with Crippen molar-refractivity contribution in [1.29, 1.82) is 0 Å². The van der Waals surface area contributed by atoms with Crippen LogP contribution >= 0.6 is 12.2 Å². The van der Waals surface area contributed by atoms with Gasteiger partial charge in [0.05, 0.1) is 43.5 Å². The molecule has 1 aliphatic rings. The van der Waals surface area contributed by atoms with Crippen LogP contribution < -0.4 is 0 Å². The Balaban J connectivity index is 1.97. The summed E-state index contributed by atoms with van der Waals surface area (Å²) in [5.74, 6) is -0.272. The van der Waals surface area contributed by atoms with Crippen molar-refractivity contribution in [3.05, 3.63) is 28.8 Å². The van der Waals surface area contributed by atoms with E-state index in [-0.39, 0.29) is 11.9 Å². The molecule has 1 aliphatic heterocycles. The Morgan fingerprint density at radius 2 is 2.33 bits per heavy atom. The molecule has 1 N–H and O–H groups in total. The molecule has 96 valence electrons. The maximum Gasteiger partial charge on any atom is 0.178 e. The first-order chi connectivity index (χ1) is 8.74. The number of hydrogen-bond acceptors (Lipinski definition) is 3. The van der Waals surface area contributed by atoms with E-state index < -0.39 is 0 Å². The Kier molecular flexibility index (Phi) is 3.15. The maximum atomic E-state index is 13.3. The summed E-state index contributed by atoms with van der Waals surface area (Å²) in [6.45, 7) is 2.34. The van der Waals surface area contributed by atoms with Crippen molar-refractivity contribution in [1.82, 2.24) is 9.55 Å². The number of benzene rings is 1. The first-order valence-corrected chi connectivity index (χ1v) is 6.22. The number of nitrogens with zero attached hydrogens (tertiary/aromatic N) is 1. The normalized spacial score (nSPS) is 20.4. The number of hydrogen-bond donors (Lipinski definition) is 1. The molecule has 4 nitrogen and oxygen atoms in total. The largest absolute Gasteiger partial charge is 0.376 e. The third-order valence-electron chi connectivity index (χ3n) is 3.01. The summed E-state index contributed by atoms with van der Waals surface area (Å²) in [5.41, 5.74) is 1.59. The number of rotatable bonds is 2. The van der Waals surface area contributed by atoms with E-state index in [0.717, 1.165) is 11.0 Å². The molecule has 3 rings (SSSR count). The minimum Gasteiger partial charge on any atom is -0.376 e. The highest BCUT2D eigenvalue weighted by molar-refractivity contribution is 7.71. The average molecular weight is 268 g/mol. The van der Waals surface area contributed by atoms with Gasteiger partial charge in [0.2, 0.25) is 0 Å². The topological polar surface area (TPSA) is 39.2 Å². The van der Waals surface area contributed by atoms with Crippen LogP contribution in [0.15, 0.2) is 18.2 Å². The quantitative estimate of drug-likeness (QED) is 0.849. The number of aromatic amines is 1. The number of H-pyrrole nitrogens is 1. The monoisotopic (exact) mass is 268 g/mol. The number of aromatic nitrogens is 2. The first-order valence-electron chi connectivity index (χ1n) is 5.81. The highest BCUT2D eigenvalue weighted by Gasteiger charge is 2.17. The Bertz CT molecular complexity index is 616. The molecule has 0 bridgehead atoms. The predicted molar refractivity (Wildman–Crippen MR) is 67.6 cm³/mol. The van der Waals surface area contributed by atoms with Gasteiger partial charge in [0.25, 0.3) is 0 Å². The fraction of sp³-hybridized carbons (Fsp3) is 0.417. The summed E-state index contributed by atoms with van der Waals surface area (Å²) >= 11 is 5.25. The fourth-order valence-corrected chi connectivity index (χ4v) is 2.44. The molecule has 0 amide bonds. The molecule has 1 atom stereocenters. The molecule has 1 aromatic carbocycles. The third kappa shape index (κ3) is 2.19. The summed E-state index contributed by atoms with van der Waals surface area (Å²) in [6, 6.07) is 4.58. The summed E-state index contributed by atoms with van der Waals surface area (Å²) < 4.78 is 26.7. The van der Waals surface area contributed by atoms with E-state index in [4.69, 9.17) is 21.7 Å². The maximum absolute atomic E-state index is 13.3. The summed E-state index contributed by atoms with van der Waals surface area (Å²) in [4.78, 5) is 3.06. The number of imidazole rings is 1. The molecule has 0 spiro atoms. The molecule has 1 unspecified atom stereocenters. The van der Waals surface area contributed by atoms with Crippen LogP contribution in [0.25, 0.3) is 11.0 Å². The van der Waals surface area contributed by atoms with E-state index in [1.807, 2.05) is 4.57 Å². The molecule has 6 heteroatoms. The van der Waals surface area contributed by atoms with Crippen LogP contribution in [0.2, 0.25) is 0 Å². The number of fused-ring (bicyclic) bond motifs is 1. The van der Waals surface area contributed by atoms with Crippen LogP contribution in [0.4, 0.5) is 4.39 Å². The van der Waals surface area contributed by atoms with Crippen LogP contribution in [-0.2, 0) is 16.0 Å². The van der Waals surface area contributed by atoms with Gasteiger partial charge in [0.1, 0.15) is 5.82 Å². The molecule has 0 saturated carbocycles.